The second-order valence-corrected chi connectivity index (χ2v) is 3.35. The van der Waals surface area contributed by atoms with Crippen LogP contribution in [0.1, 0.15) is 30.9 Å². The number of halogens is 3. The van der Waals surface area contributed by atoms with Crippen molar-refractivity contribution in [1.82, 2.24) is 4.98 Å². The van der Waals surface area contributed by atoms with Gasteiger partial charge >= 0.3 is 6.18 Å². The van der Waals surface area contributed by atoms with E-state index in [-0.39, 0.29) is 5.92 Å². The third-order valence-electron chi connectivity index (χ3n) is 1.91. The van der Waals surface area contributed by atoms with Crippen molar-refractivity contribution in [3.63, 3.8) is 0 Å². The molecule has 0 aliphatic carbocycles. The van der Waals surface area contributed by atoms with Crippen LogP contribution in [0.25, 0.3) is 0 Å². The van der Waals surface area contributed by atoms with Gasteiger partial charge in [0.15, 0.2) is 0 Å². The number of anilines is 1. The Balaban J connectivity index is 3.22. The van der Waals surface area contributed by atoms with E-state index < -0.39 is 17.6 Å². The van der Waals surface area contributed by atoms with Gasteiger partial charge in [0.05, 0.1) is 5.56 Å². The standard InChI is InChI=1S/C9H11F3N2/c1-5(2)6-3-7(9(10,11)12)8(13)14-4-6/h3-5H,1-2H3,(H2,13,14). The smallest absolute Gasteiger partial charge is 0.383 e. The summed E-state index contributed by atoms with van der Waals surface area (Å²) in [5.41, 5.74) is 4.82. The second-order valence-electron chi connectivity index (χ2n) is 3.35. The van der Waals surface area contributed by atoms with Gasteiger partial charge < -0.3 is 5.73 Å². The van der Waals surface area contributed by atoms with E-state index in [1.165, 1.54) is 6.20 Å². The zero-order valence-electron chi connectivity index (χ0n) is 7.89. The lowest BCUT2D eigenvalue weighted by atomic mass is 10.0. The van der Waals surface area contributed by atoms with Crippen LogP contribution >= 0.6 is 0 Å². The Bertz CT molecular complexity index is 331. The zero-order valence-corrected chi connectivity index (χ0v) is 7.89. The molecule has 0 saturated carbocycles. The van der Waals surface area contributed by atoms with Gasteiger partial charge in [0, 0.05) is 6.20 Å². The summed E-state index contributed by atoms with van der Waals surface area (Å²) >= 11 is 0. The zero-order chi connectivity index (χ0) is 10.9. The molecule has 0 unspecified atom stereocenters. The molecule has 1 rings (SSSR count). The quantitative estimate of drug-likeness (QED) is 0.763. The van der Waals surface area contributed by atoms with Crippen LogP contribution in [0.2, 0.25) is 0 Å². The molecule has 1 heterocycles. The molecule has 1 aromatic heterocycles. The number of hydrogen-bond donors (Lipinski definition) is 1. The van der Waals surface area contributed by atoms with Crippen molar-refractivity contribution in [2.24, 2.45) is 0 Å². The molecule has 0 amide bonds. The average molecular weight is 204 g/mol. The van der Waals surface area contributed by atoms with Gasteiger partial charge in [-0.1, -0.05) is 13.8 Å². The van der Waals surface area contributed by atoms with Crippen molar-refractivity contribution in [3.8, 4) is 0 Å². The first-order valence-corrected chi connectivity index (χ1v) is 4.15. The highest BCUT2D eigenvalue weighted by molar-refractivity contribution is 5.43. The van der Waals surface area contributed by atoms with Crippen LogP contribution < -0.4 is 5.73 Å². The van der Waals surface area contributed by atoms with Crippen LogP contribution in [0, 0.1) is 0 Å². The maximum atomic E-state index is 12.4. The number of nitrogens with zero attached hydrogens (tertiary/aromatic N) is 1. The highest BCUT2D eigenvalue weighted by Crippen LogP contribution is 2.33. The maximum absolute atomic E-state index is 12.4. The SMILES string of the molecule is CC(C)c1cnc(N)c(C(F)(F)F)c1. The molecular weight excluding hydrogens is 193 g/mol. The monoisotopic (exact) mass is 204 g/mol. The molecule has 78 valence electrons. The van der Waals surface area contributed by atoms with E-state index in [1.54, 1.807) is 13.8 Å². The van der Waals surface area contributed by atoms with Gasteiger partial charge in [0.25, 0.3) is 0 Å². The van der Waals surface area contributed by atoms with Crippen LogP contribution in [0.15, 0.2) is 12.3 Å². The normalized spacial score (nSPS) is 12.1. The van der Waals surface area contributed by atoms with E-state index in [9.17, 15) is 13.2 Å². The van der Waals surface area contributed by atoms with Gasteiger partial charge in [0.1, 0.15) is 5.82 Å². The van der Waals surface area contributed by atoms with E-state index in [1.807, 2.05) is 0 Å². The lowest BCUT2D eigenvalue weighted by molar-refractivity contribution is -0.137. The summed E-state index contributed by atoms with van der Waals surface area (Å²) < 4.78 is 37.1. The van der Waals surface area contributed by atoms with Gasteiger partial charge in [-0.3, -0.25) is 0 Å². The Labute approximate surface area is 79.9 Å². The van der Waals surface area contributed by atoms with Crippen molar-refractivity contribution in [2.45, 2.75) is 25.9 Å². The van der Waals surface area contributed by atoms with E-state index in [0.29, 0.717) is 5.56 Å². The fourth-order valence-electron chi connectivity index (χ4n) is 1.03. The van der Waals surface area contributed by atoms with E-state index in [2.05, 4.69) is 4.98 Å². The minimum absolute atomic E-state index is 0.00389. The minimum atomic E-state index is -4.43. The van der Waals surface area contributed by atoms with Crippen molar-refractivity contribution in [2.75, 3.05) is 5.73 Å². The molecule has 0 aliphatic rings. The molecule has 14 heavy (non-hydrogen) atoms. The number of alkyl halides is 3. The summed E-state index contributed by atoms with van der Waals surface area (Å²) in [5.74, 6) is -0.467. The molecule has 0 radical (unpaired) electrons. The Kier molecular flexibility index (Phi) is 2.69. The Morgan fingerprint density at radius 1 is 1.36 bits per heavy atom. The minimum Gasteiger partial charge on any atom is -0.383 e. The fraction of sp³-hybridized carbons (Fsp3) is 0.444. The molecule has 0 aromatic carbocycles. The Hall–Kier alpha value is -1.26. The summed E-state index contributed by atoms with van der Waals surface area (Å²) in [6, 6.07) is 1.05. The highest BCUT2D eigenvalue weighted by atomic mass is 19.4. The largest absolute Gasteiger partial charge is 0.419 e. The van der Waals surface area contributed by atoms with Crippen LogP contribution in [0.4, 0.5) is 19.0 Å². The third kappa shape index (κ3) is 2.16. The molecule has 2 nitrogen and oxygen atoms in total. The van der Waals surface area contributed by atoms with Gasteiger partial charge in [-0.2, -0.15) is 13.2 Å². The number of hydrogen-bond acceptors (Lipinski definition) is 2. The lowest BCUT2D eigenvalue weighted by Gasteiger charge is -2.12. The van der Waals surface area contributed by atoms with Crippen molar-refractivity contribution in [3.05, 3.63) is 23.4 Å². The molecule has 0 aliphatic heterocycles. The van der Waals surface area contributed by atoms with Crippen LogP contribution in [-0.4, -0.2) is 4.98 Å². The van der Waals surface area contributed by atoms with E-state index >= 15 is 0 Å². The number of nitrogen functional groups attached to an aromatic ring is 1. The summed E-state index contributed by atoms with van der Waals surface area (Å²) in [6.07, 6.45) is -3.06. The Morgan fingerprint density at radius 3 is 2.36 bits per heavy atom. The first kappa shape index (κ1) is 10.8. The molecule has 0 fully saturated rings. The predicted octanol–water partition coefficient (Wildman–Crippen LogP) is 2.81. The number of pyridine rings is 1. The topological polar surface area (TPSA) is 38.9 Å². The van der Waals surface area contributed by atoms with Crippen LogP contribution in [0.3, 0.4) is 0 Å². The van der Waals surface area contributed by atoms with E-state index in [0.717, 1.165) is 6.07 Å². The average Bonchev–Trinajstić information content (AvgIpc) is 2.02. The molecule has 1 aromatic rings. The van der Waals surface area contributed by atoms with Gasteiger partial charge in [0.2, 0.25) is 0 Å². The molecule has 5 heteroatoms. The van der Waals surface area contributed by atoms with Crippen LogP contribution in [0.5, 0.6) is 0 Å². The van der Waals surface area contributed by atoms with Crippen LogP contribution in [-0.2, 0) is 6.18 Å². The first-order chi connectivity index (χ1) is 6.32. The first-order valence-electron chi connectivity index (χ1n) is 4.15. The van der Waals surface area contributed by atoms with Gasteiger partial charge in [-0.25, -0.2) is 4.98 Å². The van der Waals surface area contributed by atoms with Crippen molar-refractivity contribution in [1.29, 1.82) is 0 Å². The predicted molar refractivity (Wildman–Crippen MR) is 47.7 cm³/mol. The molecule has 0 spiro atoms. The molecule has 0 atom stereocenters. The molecule has 0 bridgehead atoms. The number of rotatable bonds is 1. The number of nitrogens with two attached hydrogens (primary N) is 1. The second kappa shape index (κ2) is 3.48. The lowest BCUT2D eigenvalue weighted by Crippen LogP contribution is -2.11. The molecular formula is C9H11F3N2. The third-order valence-corrected chi connectivity index (χ3v) is 1.91. The fourth-order valence-corrected chi connectivity index (χ4v) is 1.03. The summed E-state index contributed by atoms with van der Waals surface area (Å²) in [4.78, 5) is 3.52. The summed E-state index contributed by atoms with van der Waals surface area (Å²) in [7, 11) is 0. The maximum Gasteiger partial charge on any atom is 0.419 e. The Morgan fingerprint density at radius 2 is 1.93 bits per heavy atom. The summed E-state index contributed by atoms with van der Waals surface area (Å²) in [5, 5.41) is 0. The van der Waals surface area contributed by atoms with Gasteiger partial charge in [-0.15, -0.1) is 0 Å². The van der Waals surface area contributed by atoms with Crippen molar-refractivity contribution >= 4 is 5.82 Å². The number of aromatic nitrogens is 1. The van der Waals surface area contributed by atoms with Gasteiger partial charge in [-0.05, 0) is 17.5 Å². The summed E-state index contributed by atoms with van der Waals surface area (Å²) in [6.45, 7) is 3.60. The van der Waals surface area contributed by atoms with Crippen molar-refractivity contribution < 1.29 is 13.2 Å². The molecule has 2 N–H and O–H groups in total. The van der Waals surface area contributed by atoms with E-state index in [4.69, 9.17) is 5.73 Å². The molecule has 0 saturated heterocycles. The highest BCUT2D eigenvalue weighted by Gasteiger charge is 2.34.